The number of hydrogen-bond acceptors (Lipinski definition) is 5. The van der Waals surface area contributed by atoms with Crippen LogP contribution in [0.5, 0.6) is 5.75 Å². The molecule has 0 saturated heterocycles. The molecule has 2 aromatic carbocycles. The van der Waals surface area contributed by atoms with Gasteiger partial charge in [-0.25, -0.2) is 4.98 Å². The fraction of sp³-hybridized carbons (Fsp3) is 0.346. The van der Waals surface area contributed by atoms with E-state index in [1.165, 1.54) is 0 Å². The molecule has 2 heterocycles. The molecular weight excluding hydrogens is 434 g/mol. The molecule has 6 nitrogen and oxygen atoms in total. The maximum absolute atomic E-state index is 12.4. The van der Waals surface area contributed by atoms with E-state index in [-0.39, 0.29) is 6.61 Å². The predicted molar refractivity (Wildman–Crippen MR) is 135 cm³/mol. The third kappa shape index (κ3) is 5.11. The molecule has 33 heavy (non-hydrogen) atoms. The first-order valence-electron chi connectivity index (χ1n) is 11.3. The fourth-order valence-corrected chi connectivity index (χ4v) is 4.92. The molecule has 2 N–H and O–H groups in total. The maximum Gasteiger partial charge on any atom is 0.143 e. The van der Waals surface area contributed by atoms with Gasteiger partial charge in [0.2, 0.25) is 0 Å². The van der Waals surface area contributed by atoms with Crippen molar-refractivity contribution in [2.45, 2.75) is 25.2 Å². The van der Waals surface area contributed by atoms with E-state index in [0.717, 1.165) is 62.2 Å². The van der Waals surface area contributed by atoms with Gasteiger partial charge in [0.1, 0.15) is 11.4 Å². The van der Waals surface area contributed by atoms with E-state index in [9.17, 15) is 4.21 Å². The van der Waals surface area contributed by atoms with Crippen LogP contribution in [0.3, 0.4) is 0 Å². The molecule has 0 aliphatic rings. The van der Waals surface area contributed by atoms with Crippen molar-refractivity contribution in [2.75, 3.05) is 39.1 Å². The number of nitrogens with zero attached hydrogens (tertiary/aromatic N) is 2. The summed E-state index contributed by atoms with van der Waals surface area (Å²) in [5, 5.41) is 11.2. The zero-order chi connectivity index (χ0) is 23.4. The Morgan fingerprint density at radius 1 is 1.18 bits per heavy atom. The summed E-state index contributed by atoms with van der Waals surface area (Å²) >= 11 is 0. The second-order valence-electron chi connectivity index (χ2n) is 8.29. The number of aliphatic hydroxyl groups is 1. The maximum atomic E-state index is 12.4. The molecule has 0 saturated carbocycles. The largest absolute Gasteiger partial charge is 0.491 e. The first-order valence-corrected chi connectivity index (χ1v) is 12.7. The highest BCUT2D eigenvalue weighted by atomic mass is 32.2. The standard InChI is InChI=1S/C26H31N3O3S/c1-4-33(31)20-8-5-7-19(16-20)21-9-10-23(32-14-6-11-29(3)12-13-30)25-24(21)22-15-18(2)17-27-26(22)28-25/h5,7-10,15-17,30H,4,6,11-14H2,1-3H3,(H,27,28). The van der Waals surface area contributed by atoms with Crippen LogP contribution in [0.15, 0.2) is 53.6 Å². The van der Waals surface area contributed by atoms with Crippen LogP contribution in [0.4, 0.5) is 0 Å². The summed E-state index contributed by atoms with van der Waals surface area (Å²) in [6.07, 6.45) is 2.72. The summed E-state index contributed by atoms with van der Waals surface area (Å²) in [4.78, 5) is 11.0. The summed E-state index contributed by atoms with van der Waals surface area (Å²) < 4.78 is 18.6. The van der Waals surface area contributed by atoms with Crippen LogP contribution in [-0.2, 0) is 10.8 Å². The quantitative estimate of drug-likeness (QED) is 0.337. The Hall–Kier alpha value is -2.74. The van der Waals surface area contributed by atoms with Crippen LogP contribution in [-0.4, -0.2) is 63.3 Å². The van der Waals surface area contributed by atoms with E-state index in [0.29, 0.717) is 18.9 Å². The van der Waals surface area contributed by atoms with Crippen molar-refractivity contribution in [3.63, 3.8) is 0 Å². The summed E-state index contributed by atoms with van der Waals surface area (Å²) in [5.41, 5.74) is 4.93. The van der Waals surface area contributed by atoms with E-state index < -0.39 is 10.8 Å². The first-order chi connectivity index (χ1) is 16.0. The minimum absolute atomic E-state index is 0.161. The molecule has 4 rings (SSSR count). The number of benzene rings is 2. The van der Waals surface area contributed by atoms with Gasteiger partial charge in [-0.05, 0) is 67.4 Å². The Balaban J connectivity index is 1.75. The molecule has 174 valence electrons. The lowest BCUT2D eigenvalue weighted by Gasteiger charge is -2.15. The number of H-pyrrole nitrogens is 1. The van der Waals surface area contributed by atoms with Gasteiger partial charge in [-0.15, -0.1) is 0 Å². The molecule has 0 bridgehead atoms. The number of fused-ring (bicyclic) bond motifs is 3. The topological polar surface area (TPSA) is 78.5 Å². The Labute approximate surface area is 197 Å². The van der Waals surface area contributed by atoms with Gasteiger partial charge in [-0.2, -0.15) is 0 Å². The number of nitrogens with one attached hydrogen (secondary N) is 1. The molecule has 0 spiro atoms. The lowest BCUT2D eigenvalue weighted by atomic mass is 9.99. The third-order valence-electron chi connectivity index (χ3n) is 5.80. The summed E-state index contributed by atoms with van der Waals surface area (Å²) in [5.74, 6) is 1.39. The van der Waals surface area contributed by atoms with Crippen molar-refractivity contribution < 1.29 is 14.1 Å². The van der Waals surface area contributed by atoms with E-state index in [4.69, 9.17) is 9.84 Å². The Morgan fingerprint density at radius 3 is 2.82 bits per heavy atom. The van der Waals surface area contributed by atoms with E-state index >= 15 is 0 Å². The predicted octanol–water partition coefficient (Wildman–Crippen LogP) is 4.51. The fourth-order valence-electron chi connectivity index (χ4n) is 4.10. The van der Waals surface area contributed by atoms with Crippen LogP contribution < -0.4 is 4.74 Å². The average Bonchev–Trinajstić information content (AvgIpc) is 3.20. The molecule has 0 aliphatic carbocycles. The number of aromatic amines is 1. The van der Waals surface area contributed by atoms with E-state index in [1.807, 2.05) is 51.4 Å². The summed E-state index contributed by atoms with van der Waals surface area (Å²) in [7, 11) is 0.985. The van der Waals surface area contributed by atoms with Crippen LogP contribution in [0.2, 0.25) is 0 Å². The minimum Gasteiger partial charge on any atom is -0.491 e. The van der Waals surface area contributed by atoms with Crippen molar-refractivity contribution in [1.29, 1.82) is 0 Å². The monoisotopic (exact) mass is 465 g/mol. The SMILES string of the molecule is CCS(=O)c1cccc(-c2ccc(OCCCN(C)CCO)c3[nH]c4ncc(C)cc4c23)c1. The smallest absolute Gasteiger partial charge is 0.143 e. The molecule has 0 fully saturated rings. The lowest BCUT2D eigenvalue weighted by molar-refractivity contribution is 0.208. The van der Waals surface area contributed by atoms with Gasteiger partial charge in [-0.1, -0.05) is 19.1 Å². The number of aliphatic hydroxyl groups excluding tert-OH is 1. The molecule has 0 aliphatic heterocycles. The van der Waals surface area contributed by atoms with Crippen molar-refractivity contribution in [2.24, 2.45) is 0 Å². The zero-order valence-electron chi connectivity index (χ0n) is 19.4. The highest BCUT2D eigenvalue weighted by Gasteiger charge is 2.16. The van der Waals surface area contributed by atoms with E-state index in [1.54, 1.807) is 0 Å². The van der Waals surface area contributed by atoms with Gasteiger partial charge in [0.05, 0.1) is 29.5 Å². The number of aryl methyl sites for hydroxylation is 1. The number of ether oxygens (including phenoxy) is 1. The molecule has 2 aromatic heterocycles. The minimum atomic E-state index is -1.01. The molecule has 1 unspecified atom stereocenters. The lowest BCUT2D eigenvalue weighted by Crippen LogP contribution is -2.24. The number of aromatic nitrogens is 2. The Kier molecular flexibility index (Phi) is 7.42. The second-order valence-corrected chi connectivity index (χ2v) is 10.0. The molecule has 0 amide bonds. The van der Waals surface area contributed by atoms with Crippen molar-refractivity contribution >= 4 is 32.7 Å². The normalized spacial score (nSPS) is 12.6. The summed E-state index contributed by atoms with van der Waals surface area (Å²) in [6.45, 7) is 6.23. The van der Waals surface area contributed by atoms with Gasteiger partial charge in [-0.3, -0.25) is 4.21 Å². The van der Waals surface area contributed by atoms with Crippen molar-refractivity contribution in [3.8, 4) is 16.9 Å². The van der Waals surface area contributed by atoms with Crippen LogP contribution in [0, 0.1) is 6.92 Å². The van der Waals surface area contributed by atoms with Gasteiger partial charge in [0, 0.05) is 40.7 Å². The number of rotatable bonds is 10. The highest BCUT2D eigenvalue weighted by Crippen LogP contribution is 2.39. The highest BCUT2D eigenvalue weighted by molar-refractivity contribution is 7.85. The summed E-state index contributed by atoms with van der Waals surface area (Å²) in [6, 6.07) is 14.2. The van der Waals surface area contributed by atoms with E-state index in [2.05, 4.69) is 33.1 Å². The second kappa shape index (κ2) is 10.5. The number of hydrogen-bond donors (Lipinski definition) is 2. The number of pyridine rings is 1. The van der Waals surface area contributed by atoms with Gasteiger partial charge in [0.15, 0.2) is 0 Å². The van der Waals surface area contributed by atoms with Gasteiger partial charge in [0.25, 0.3) is 0 Å². The van der Waals surface area contributed by atoms with Crippen LogP contribution >= 0.6 is 0 Å². The molecule has 7 heteroatoms. The van der Waals surface area contributed by atoms with Gasteiger partial charge >= 0.3 is 0 Å². The van der Waals surface area contributed by atoms with Crippen molar-refractivity contribution in [1.82, 2.24) is 14.9 Å². The Bertz CT molecular complexity index is 1280. The van der Waals surface area contributed by atoms with Crippen molar-refractivity contribution in [3.05, 3.63) is 54.2 Å². The van der Waals surface area contributed by atoms with Gasteiger partial charge < -0.3 is 19.7 Å². The third-order valence-corrected chi connectivity index (χ3v) is 7.10. The Morgan fingerprint density at radius 2 is 2.03 bits per heavy atom. The van der Waals surface area contributed by atoms with Crippen LogP contribution in [0.25, 0.3) is 33.1 Å². The molecular formula is C26H31N3O3S. The average molecular weight is 466 g/mol. The van der Waals surface area contributed by atoms with Crippen LogP contribution in [0.1, 0.15) is 18.9 Å². The molecule has 4 aromatic rings. The zero-order valence-corrected chi connectivity index (χ0v) is 20.2. The first kappa shape index (κ1) is 23.4. The number of likely N-dealkylation sites (N-methyl/N-ethyl adjacent to an activating group) is 1. The molecule has 0 radical (unpaired) electrons. The molecule has 1 atom stereocenters.